The summed E-state index contributed by atoms with van der Waals surface area (Å²) in [6.07, 6.45) is 2.15. The minimum absolute atomic E-state index is 0.0499. The van der Waals surface area contributed by atoms with Gasteiger partial charge in [0.15, 0.2) is 15.0 Å². The molecule has 4 rings (SSSR count). The Balaban J connectivity index is 1.47. The molecule has 8 nitrogen and oxygen atoms in total. The second-order valence-electron chi connectivity index (χ2n) is 7.25. The van der Waals surface area contributed by atoms with Crippen molar-refractivity contribution in [2.75, 3.05) is 36.5 Å². The molecule has 1 aromatic carbocycles. The van der Waals surface area contributed by atoms with Crippen molar-refractivity contribution in [1.82, 2.24) is 14.8 Å². The number of urea groups is 1. The van der Waals surface area contributed by atoms with Crippen molar-refractivity contribution < 1.29 is 22.4 Å². The van der Waals surface area contributed by atoms with Gasteiger partial charge in [0.25, 0.3) is 0 Å². The summed E-state index contributed by atoms with van der Waals surface area (Å²) in [4.78, 5) is 33.1. The topological polar surface area (TPSA) is 99.7 Å². The van der Waals surface area contributed by atoms with E-state index in [0.717, 1.165) is 17.5 Å². The number of carbonyl (C=O) groups excluding carboxylic acids is 2. The average Bonchev–Trinajstić information content (AvgIpc) is 3.08. The molecule has 2 fully saturated rings. The minimum Gasteiger partial charge on any atom is -0.323 e. The maximum Gasteiger partial charge on any atom is 0.320 e. The molecular weight excluding hydrogens is 419 g/mol. The summed E-state index contributed by atoms with van der Waals surface area (Å²) in [5.74, 6) is -0.826. The Hall–Kier alpha value is -2.27. The number of fused-ring (bicyclic) bond motifs is 1. The minimum atomic E-state index is -3.09. The third-order valence-corrected chi connectivity index (χ3v) is 7.81. The van der Waals surface area contributed by atoms with Crippen molar-refractivity contribution >= 4 is 48.5 Å². The zero-order valence-electron chi connectivity index (χ0n) is 15.6. The third-order valence-electron chi connectivity index (χ3n) is 5.25. The van der Waals surface area contributed by atoms with Crippen LogP contribution in [0.4, 0.5) is 14.3 Å². The highest BCUT2D eigenvalue weighted by Gasteiger charge is 2.36. The van der Waals surface area contributed by atoms with Gasteiger partial charge in [0.05, 0.1) is 21.7 Å². The second-order valence-corrected chi connectivity index (χ2v) is 10.6. The highest BCUT2D eigenvalue weighted by Crippen LogP contribution is 2.28. The number of piperidine rings is 1. The van der Waals surface area contributed by atoms with E-state index in [1.165, 1.54) is 33.3 Å². The molecule has 0 saturated carbocycles. The molecule has 2 saturated heterocycles. The van der Waals surface area contributed by atoms with Gasteiger partial charge in [-0.3, -0.25) is 4.79 Å². The lowest BCUT2D eigenvalue weighted by Crippen LogP contribution is -2.56. The van der Waals surface area contributed by atoms with Crippen LogP contribution in [0.3, 0.4) is 0 Å². The van der Waals surface area contributed by atoms with Crippen molar-refractivity contribution in [2.24, 2.45) is 0 Å². The molecule has 1 N–H and O–H groups in total. The number of nitrogens with zero attached hydrogens (tertiary/aromatic N) is 3. The number of thiazole rings is 1. The van der Waals surface area contributed by atoms with Gasteiger partial charge in [0.1, 0.15) is 11.9 Å². The molecule has 11 heteroatoms. The van der Waals surface area contributed by atoms with Gasteiger partial charge >= 0.3 is 6.03 Å². The first-order chi connectivity index (χ1) is 13.8. The van der Waals surface area contributed by atoms with Gasteiger partial charge in [-0.05, 0) is 31.4 Å². The number of anilines is 1. The molecule has 29 heavy (non-hydrogen) atoms. The Morgan fingerprint density at radius 2 is 1.93 bits per heavy atom. The van der Waals surface area contributed by atoms with Crippen molar-refractivity contribution in [3.05, 3.63) is 24.0 Å². The molecule has 0 unspecified atom stereocenters. The monoisotopic (exact) mass is 440 g/mol. The molecule has 0 bridgehead atoms. The number of rotatable bonds is 2. The number of amides is 3. The number of carbonyl (C=O) groups is 2. The summed E-state index contributed by atoms with van der Waals surface area (Å²) in [6, 6.07) is 3.32. The fraction of sp³-hybridized carbons (Fsp3) is 0.500. The molecule has 0 aliphatic carbocycles. The summed E-state index contributed by atoms with van der Waals surface area (Å²) in [5, 5.41) is 3.12. The van der Waals surface area contributed by atoms with Crippen LogP contribution >= 0.6 is 11.3 Å². The van der Waals surface area contributed by atoms with E-state index in [0.29, 0.717) is 23.6 Å². The number of sulfone groups is 1. The first-order valence-corrected chi connectivity index (χ1v) is 12.1. The molecule has 0 spiro atoms. The van der Waals surface area contributed by atoms with Crippen LogP contribution in [-0.2, 0) is 14.6 Å². The predicted octanol–water partition coefficient (Wildman–Crippen LogP) is 2.08. The van der Waals surface area contributed by atoms with Crippen molar-refractivity contribution in [3.63, 3.8) is 0 Å². The van der Waals surface area contributed by atoms with Crippen molar-refractivity contribution in [3.8, 4) is 0 Å². The molecule has 1 atom stereocenters. The molecule has 1 aromatic heterocycles. The van der Waals surface area contributed by atoms with E-state index in [4.69, 9.17) is 0 Å². The Kier molecular flexibility index (Phi) is 5.43. The third kappa shape index (κ3) is 4.35. The van der Waals surface area contributed by atoms with Crippen LogP contribution in [0.1, 0.15) is 19.3 Å². The molecule has 2 aromatic rings. The van der Waals surface area contributed by atoms with E-state index in [9.17, 15) is 22.4 Å². The highest BCUT2D eigenvalue weighted by atomic mass is 32.2. The smallest absolute Gasteiger partial charge is 0.320 e. The van der Waals surface area contributed by atoms with Crippen LogP contribution in [0.5, 0.6) is 0 Å². The van der Waals surface area contributed by atoms with Gasteiger partial charge in [0.2, 0.25) is 5.91 Å². The van der Waals surface area contributed by atoms with E-state index in [1.54, 1.807) is 6.07 Å². The number of nitrogens with one attached hydrogen (secondary N) is 1. The number of hydrogen-bond donors (Lipinski definition) is 1. The Morgan fingerprint density at radius 1 is 1.17 bits per heavy atom. The number of halogens is 1. The van der Waals surface area contributed by atoms with E-state index >= 15 is 0 Å². The van der Waals surface area contributed by atoms with E-state index in [1.807, 2.05) is 0 Å². The van der Waals surface area contributed by atoms with Crippen LogP contribution in [0, 0.1) is 5.82 Å². The van der Waals surface area contributed by atoms with Gasteiger partial charge < -0.3 is 15.1 Å². The summed E-state index contributed by atoms with van der Waals surface area (Å²) < 4.78 is 37.4. The highest BCUT2D eigenvalue weighted by molar-refractivity contribution is 7.91. The van der Waals surface area contributed by atoms with Crippen LogP contribution < -0.4 is 5.32 Å². The van der Waals surface area contributed by atoms with E-state index < -0.39 is 21.7 Å². The molecule has 3 heterocycles. The van der Waals surface area contributed by atoms with Crippen LogP contribution in [0.2, 0.25) is 0 Å². The zero-order chi connectivity index (χ0) is 20.6. The number of aromatic nitrogens is 1. The maximum atomic E-state index is 13.4. The van der Waals surface area contributed by atoms with Gasteiger partial charge in [-0.25, -0.2) is 22.6 Å². The lowest BCUT2D eigenvalue weighted by Gasteiger charge is -2.39. The molecule has 2 aliphatic rings. The summed E-state index contributed by atoms with van der Waals surface area (Å²) in [7, 11) is -3.09. The molecule has 3 amide bonds. The van der Waals surface area contributed by atoms with E-state index in [2.05, 4.69) is 10.3 Å². The van der Waals surface area contributed by atoms with Crippen molar-refractivity contribution in [1.29, 1.82) is 0 Å². The van der Waals surface area contributed by atoms with Crippen LogP contribution in [0.15, 0.2) is 18.2 Å². The lowest BCUT2D eigenvalue weighted by atomic mass is 10.0. The number of hydrogen-bond acceptors (Lipinski definition) is 6. The first-order valence-electron chi connectivity index (χ1n) is 9.45. The van der Waals surface area contributed by atoms with Gasteiger partial charge in [0, 0.05) is 25.7 Å². The Labute approximate surface area is 171 Å². The van der Waals surface area contributed by atoms with Gasteiger partial charge in [-0.15, -0.1) is 0 Å². The largest absolute Gasteiger partial charge is 0.323 e. The number of likely N-dealkylation sites (tertiary alicyclic amines) is 1. The molecule has 156 valence electrons. The normalized spacial score (nSPS) is 21.9. The Bertz CT molecular complexity index is 1040. The quantitative estimate of drug-likeness (QED) is 0.771. The summed E-state index contributed by atoms with van der Waals surface area (Å²) in [5.41, 5.74) is 0.469. The SMILES string of the molecule is O=C(Nc1nc2cc(F)ccc2s1)[C@@H]1CCCCN1C(=O)N1CCS(=O)(=O)CC1. The predicted molar refractivity (Wildman–Crippen MR) is 108 cm³/mol. The zero-order valence-corrected chi connectivity index (χ0v) is 17.3. The Morgan fingerprint density at radius 3 is 2.69 bits per heavy atom. The van der Waals surface area contributed by atoms with Crippen LogP contribution in [0.25, 0.3) is 10.2 Å². The van der Waals surface area contributed by atoms with Gasteiger partial charge in [-0.2, -0.15) is 0 Å². The second kappa shape index (κ2) is 7.86. The summed E-state index contributed by atoms with van der Waals surface area (Å²) in [6.45, 7) is 0.746. The number of benzene rings is 1. The summed E-state index contributed by atoms with van der Waals surface area (Å²) >= 11 is 1.25. The first kappa shape index (κ1) is 20.0. The molecule has 2 aliphatic heterocycles. The lowest BCUT2D eigenvalue weighted by molar-refractivity contribution is -0.121. The molecular formula is C18H21FN4O4S2. The maximum absolute atomic E-state index is 13.4. The fourth-order valence-corrected chi connectivity index (χ4v) is 5.71. The van der Waals surface area contributed by atoms with Crippen LogP contribution in [-0.4, -0.2) is 72.3 Å². The molecule has 0 radical (unpaired) electrons. The standard InChI is InChI=1S/C18H21FN4O4S2/c19-12-4-5-15-13(11-12)20-17(28-15)21-16(24)14-3-1-2-6-23(14)18(25)22-7-9-29(26,27)10-8-22/h4-5,11,14H,1-3,6-10H2,(H,20,21,24)/t14-/m0/s1. The fourth-order valence-electron chi connectivity index (χ4n) is 3.66. The van der Waals surface area contributed by atoms with Crippen molar-refractivity contribution in [2.45, 2.75) is 25.3 Å². The van der Waals surface area contributed by atoms with Gasteiger partial charge in [-0.1, -0.05) is 11.3 Å². The van der Waals surface area contributed by atoms with E-state index in [-0.39, 0.29) is 36.5 Å². The average molecular weight is 441 g/mol.